The Hall–Kier alpha value is 0.920. The Morgan fingerprint density at radius 1 is 0.909 bits per heavy atom. The van der Waals surface area contributed by atoms with Crippen molar-refractivity contribution in [2.24, 2.45) is 0 Å². The van der Waals surface area contributed by atoms with Crippen LogP contribution in [0.4, 0.5) is 0 Å². The van der Waals surface area contributed by atoms with E-state index in [1.165, 1.54) is 0 Å². The Bertz CT molecular complexity index is 296. The summed E-state index contributed by atoms with van der Waals surface area (Å²) in [7, 11) is 0. The molecule has 0 rings (SSSR count). The van der Waals surface area contributed by atoms with Gasteiger partial charge in [-0.2, -0.15) is 0 Å². The van der Waals surface area contributed by atoms with Crippen molar-refractivity contribution < 1.29 is 35.1 Å². The number of thioether (sulfide) groups is 1. The van der Waals surface area contributed by atoms with E-state index < -0.39 is 19.3 Å². The van der Waals surface area contributed by atoms with Crippen molar-refractivity contribution in [3.05, 3.63) is 0 Å². The molecule has 0 aliphatic heterocycles. The van der Waals surface area contributed by atoms with Gasteiger partial charge in [-0.25, -0.2) is 0 Å². The van der Waals surface area contributed by atoms with Crippen molar-refractivity contribution in [3.8, 4) is 0 Å². The summed E-state index contributed by atoms with van der Waals surface area (Å²) in [6.07, 6.45) is 2.05. The molecular weight excluding hydrogens is 413 g/mol. The molecule has 0 aromatic heterocycles. The van der Waals surface area contributed by atoms with Crippen LogP contribution in [0.5, 0.6) is 0 Å². The number of nitrogens with zero attached hydrogens (tertiary/aromatic N) is 1. The van der Waals surface area contributed by atoms with Crippen molar-refractivity contribution in [2.45, 2.75) is 82.2 Å². The van der Waals surface area contributed by atoms with Gasteiger partial charge >= 0.3 is 148 Å². The van der Waals surface area contributed by atoms with Gasteiger partial charge in [0.2, 0.25) is 0 Å². The van der Waals surface area contributed by atoms with Crippen molar-refractivity contribution in [3.63, 3.8) is 0 Å². The van der Waals surface area contributed by atoms with Crippen molar-refractivity contribution in [2.75, 3.05) is 18.8 Å². The summed E-state index contributed by atoms with van der Waals surface area (Å²) in [5.41, 5.74) is 0. The van der Waals surface area contributed by atoms with Gasteiger partial charge < -0.3 is 0 Å². The molecule has 0 aromatic rings. The molecule has 0 spiro atoms. The monoisotopic (exact) mass is 451 g/mol. The molecule has 0 atom stereocenters. The van der Waals surface area contributed by atoms with E-state index in [0.717, 1.165) is 0 Å². The summed E-state index contributed by atoms with van der Waals surface area (Å²) in [4.78, 5) is 6.48. The summed E-state index contributed by atoms with van der Waals surface area (Å²) in [5, 5.41) is 0. The summed E-state index contributed by atoms with van der Waals surface area (Å²) in [6, 6.07) is 0.432. The van der Waals surface area contributed by atoms with E-state index in [1.54, 1.807) is 11.8 Å². The van der Waals surface area contributed by atoms with Gasteiger partial charge in [0, 0.05) is 0 Å². The van der Waals surface area contributed by atoms with Crippen molar-refractivity contribution in [1.82, 2.24) is 0 Å². The van der Waals surface area contributed by atoms with Crippen LogP contribution in [0.3, 0.4) is 0 Å². The van der Waals surface area contributed by atoms with Crippen LogP contribution in [-0.4, -0.2) is 43.5 Å². The average molecular weight is 451 g/mol. The number of hydrogen-bond acceptors (Lipinski definition) is 4. The van der Waals surface area contributed by atoms with Crippen molar-refractivity contribution >= 4 is 11.8 Å². The fourth-order valence-corrected chi connectivity index (χ4v) is 11.1. The number of halogens is 1. The third-order valence-corrected chi connectivity index (χ3v) is 13.6. The van der Waals surface area contributed by atoms with Gasteiger partial charge in [0.15, 0.2) is 0 Å². The van der Waals surface area contributed by atoms with Crippen LogP contribution < -0.4 is 19.3 Å². The summed E-state index contributed by atoms with van der Waals surface area (Å²) < 4.78 is 14.0. The quantitative estimate of drug-likeness (QED) is 0.157. The average Bonchev–Trinajstić information content (AvgIpc) is 2.40. The van der Waals surface area contributed by atoms with Crippen LogP contribution >= 0.6 is 11.8 Å². The minimum absolute atomic E-state index is 0.216. The molecule has 138 valence electrons. The minimum atomic E-state index is -2.94. The molecule has 0 unspecified atom stereocenters. The molecule has 0 saturated carbocycles. The fraction of sp³-hybridized carbons (Fsp3) is 1.00. The second-order valence-corrected chi connectivity index (χ2v) is 16.3. The molecule has 0 aromatic carbocycles. The van der Waals surface area contributed by atoms with Crippen LogP contribution in [0.25, 0.3) is 0 Å². The van der Waals surface area contributed by atoms with Gasteiger partial charge in [0.25, 0.3) is 0 Å². The fourth-order valence-electron chi connectivity index (χ4n) is 2.48. The molecular formula is C16H38INO3S. The Labute approximate surface area is 147 Å². The molecule has 6 heteroatoms. The number of hydrogen-bond donors (Lipinski definition) is 0. The molecule has 0 heterocycles. The predicted molar refractivity (Wildman–Crippen MR) is 93.0 cm³/mol. The Morgan fingerprint density at radius 2 is 1.36 bits per heavy atom. The molecule has 0 N–H and O–H groups in total. The molecule has 22 heavy (non-hydrogen) atoms. The number of hydroxylamine groups is 4. The van der Waals surface area contributed by atoms with Gasteiger partial charge in [-0.3, -0.25) is 0 Å². The second-order valence-electron chi connectivity index (χ2n) is 6.41. The first-order valence-electron chi connectivity index (χ1n) is 8.23. The van der Waals surface area contributed by atoms with Gasteiger partial charge in [-0.05, 0) is 0 Å². The van der Waals surface area contributed by atoms with E-state index in [9.17, 15) is 0 Å². The maximum absolute atomic E-state index is 6.87. The zero-order valence-corrected chi connectivity index (χ0v) is 19.2. The summed E-state index contributed by atoms with van der Waals surface area (Å²) in [5.74, 6) is 0.621. The van der Waals surface area contributed by atoms with Crippen LogP contribution in [0, 0.1) is 0 Å². The Kier molecular flexibility index (Phi) is 10.5. The zero-order valence-electron chi connectivity index (χ0n) is 16.2. The van der Waals surface area contributed by atoms with E-state index in [0.29, 0.717) is 20.4 Å². The predicted octanol–water partition coefficient (Wildman–Crippen LogP) is 1.65. The van der Waals surface area contributed by atoms with Crippen LogP contribution in [-0.2, 0) is 11.1 Å². The number of rotatable bonds is 11. The first-order valence-corrected chi connectivity index (χ1v) is 13.9. The summed E-state index contributed by atoms with van der Waals surface area (Å²) >= 11 is -1.26. The molecule has 0 aliphatic rings. The topological polar surface area (TPSA) is 27.7 Å². The third kappa shape index (κ3) is 5.21. The van der Waals surface area contributed by atoms with E-state index in [4.69, 9.17) is 11.1 Å². The van der Waals surface area contributed by atoms with E-state index >= 15 is 0 Å². The number of alkyl halides is 2. The van der Waals surface area contributed by atoms with Gasteiger partial charge in [-0.15, -0.1) is 0 Å². The van der Waals surface area contributed by atoms with E-state index in [-0.39, 0.29) is 16.9 Å². The molecule has 0 bridgehead atoms. The molecule has 0 fully saturated rings. The Balaban J connectivity index is 5.80. The number of quaternary nitrogens is 1. The standard InChI is InChI=1S/C16H38INO3S/c1-11-19-17(13(2)3,14(4)5)21-18(15(6)7,16(8)9)20-12-22-10/h13-16H,11-12H2,1-10H3. The second kappa shape index (κ2) is 10.0. The van der Waals surface area contributed by atoms with Gasteiger partial charge in [0.1, 0.15) is 0 Å². The maximum atomic E-state index is 6.87. The van der Waals surface area contributed by atoms with Crippen LogP contribution in [0.2, 0.25) is 0 Å². The molecule has 0 amide bonds. The molecule has 0 radical (unpaired) electrons. The molecule has 0 aliphatic carbocycles. The van der Waals surface area contributed by atoms with Crippen molar-refractivity contribution in [1.29, 1.82) is 0 Å². The van der Waals surface area contributed by atoms with Crippen LogP contribution in [0.1, 0.15) is 62.3 Å². The van der Waals surface area contributed by atoms with E-state index in [1.807, 2.05) is 0 Å². The summed E-state index contributed by atoms with van der Waals surface area (Å²) in [6.45, 7) is 20.4. The first kappa shape index (κ1) is 22.9. The molecule has 0 saturated heterocycles. The van der Waals surface area contributed by atoms with Crippen LogP contribution in [0.15, 0.2) is 0 Å². The first-order chi connectivity index (χ1) is 10.1. The molecule has 4 nitrogen and oxygen atoms in total. The van der Waals surface area contributed by atoms with E-state index in [2.05, 4.69) is 68.6 Å². The Morgan fingerprint density at radius 3 is 1.64 bits per heavy atom. The third-order valence-electron chi connectivity index (χ3n) is 3.52. The van der Waals surface area contributed by atoms with Gasteiger partial charge in [0.05, 0.1) is 0 Å². The SMILES string of the molecule is CCO[I-](O[N+](OCSC)(C(C)C)C(C)C)(C(C)C)C(C)C. The normalized spacial score (nSPS) is 14.6. The van der Waals surface area contributed by atoms with Gasteiger partial charge in [-0.1, -0.05) is 0 Å². The zero-order chi connectivity index (χ0) is 17.6.